The van der Waals surface area contributed by atoms with Crippen molar-refractivity contribution in [2.45, 2.75) is 6.92 Å². The third-order valence-corrected chi connectivity index (χ3v) is 2.91. The molecule has 0 aliphatic rings. The van der Waals surface area contributed by atoms with Gasteiger partial charge in [0.25, 0.3) is 0 Å². The van der Waals surface area contributed by atoms with E-state index in [1.165, 1.54) is 42.5 Å². The number of aromatic hydroxyl groups is 1. The lowest BCUT2D eigenvalue weighted by molar-refractivity contribution is -0.130. The molecule has 0 heterocycles. The summed E-state index contributed by atoms with van der Waals surface area (Å²) in [5.74, 6) is -0.249. The number of carbonyl (C=O) groups excluding carboxylic acids is 2. The summed E-state index contributed by atoms with van der Waals surface area (Å²) in [6.45, 7) is 5.05. The third kappa shape index (κ3) is 5.14. The molecule has 0 saturated heterocycles. The second kappa shape index (κ2) is 7.78. The van der Waals surface area contributed by atoms with Gasteiger partial charge in [-0.05, 0) is 55.0 Å². The van der Waals surface area contributed by atoms with Crippen molar-refractivity contribution in [3.05, 3.63) is 72.3 Å². The SMILES string of the molecule is C=C(C)C(=O)Oc1ccc(OC(=O)/C=C/c2ccc(O)cc2)cc1. The minimum absolute atomic E-state index is 0.155. The average molecular weight is 324 g/mol. The van der Waals surface area contributed by atoms with Crippen LogP contribution in [-0.4, -0.2) is 17.0 Å². The van der Waals surface area contributed by atoms with Gasteiger partial charge in [-0.3, -0.25) is 0 Å². The van der Waals surface area contributed by atoms with Crippen LogP contribution in [0.25, 0.3) is 6.08 Å². The predicted octanol–water partition coefficient (Wildman–Crippen LogP) is 3.49. The van der Waals surface area contributed by atoms with Crippen LogP contribution in [0.4, 0.5) is 0 Å². The summed E-state index contributed by atoms with van der Waals surface area (Å²) in [5.41, 5.74) is 1.05. The van der Waals surface area contributed by atoms with E-state index >= 15 is 0 Å². The standard InChI is InChI=1S/C19H16O5/c1-13(2)19(22)24-17-10-8-16(9-11-17)23-18(21)12-5-14-3-6-15(20)7-4-14/h3-12,20H,1H2,2H3/b12-5+. The van der Waals surface area contributed by atoms with Crippen molar-refractivity contribution in [3.63, 3.8) is 0 Å². The molecular formula is C19H16O5. The van der Waals surface area contributed by atoms with E-state index in [1.54, 1.807) is 25.1 Å². The van der Waals surface area contributed by atoms with Crippen LogP contribution in [0.2, 0.25) is 0 Å². The summed E-state index contributed by atoms with van der Waals surface area (Å²) in [6, 6.07) is 12.5. The van der Waals surface area contributed by atoms with Gasteiger partial charge < -0.3 is 14.6 Å². The molecule has 0 aliphatic carbocycles. The largest absolute Gasteiger partial charge is 0.508 e. The maximum Gasteiger partial charge on any atom is 0.338 e. The molecule has 2 aromatic carbocycles. The summed E-state index contributed by atoms with van der Waals surface area (Å²) < 4.78 is 10.2. The lowest BCUT2D eigenvalue weighted by Crippen LogP contribution is -2.08. The van der Waals surface area contributed by atoms with Crippen LogP contribution in [0.1, 0.15) is 12.5 Å². The Kier molecular flexibility index (Phi) is 5.52. The molecule has 0 amide bonds. The van der Waals surface area contributed by atoms with E-state index in [2.05, 4.69) is 6.58 Å². The Hall–Kier alpha value is -3.34. The van der Waals surface area contributed by atoms with Crippen molar-refractivity contribution >= 4 is 18.0 Å². The van der Waals surface area contributed by atoms with Crippen molar-refractivity contribution < 1.29 is 24.2 Å². The van der Waals surface area contributed by atoms with Crippen LogP contribution in [0.5, 0.6) is 17.2 Å². The van der Waals surface area contributed by atoms with E-state index in [9.17, 15) is 14.7 Å². The van der Waals surface area contributed by atoms with Crippen LogP contribution in [0.3, 0.4) is 0 Å². The summed E-state index contributed by atoms with van der Waals surface area (Å²) in [6.07, 6.45) is 2.85. The number of ether oxygens (including phenoxy) is 2. The number of carbonyl (C=O) groups is 2. The van der Waals surface area contributed by atoms with Gasteiger partial charge in [-0.2, -0.15) is 0 Å². The fourth-order valence-electron chi connectivity index (χ4n) is 1.67. The molecule has 24 heavy (non-hydrogen) atoms. The predicted molar refractivity (Wildman–Crippen MR) is 89.7 cm³/mol. The van der Waals surface area contributed by atoms with E-state index in [4.69, 9.17) is 9.47 Å². The molecule has 5 heteroatoms. The van der Waals surface area contributed by atoms with Gasteiger partial charge in [-0.1, -0.05) is 18.7 Å². The highest BCUT2D eigenvalue weighted by Crippen LogP contribution is 2.19. The second-order valence-electron chi connectivity index (χ2n) is 4.99. The molecule has 0 atom stereocenters. The second-order valence-corrected chi connectivity index (χ2v) is 4.99. The fourth-order valence-corrected chi connectivity index (χ4v) is 1.67. The minimum Gasteiger partial charge on any atom is -0.508 e. The molecule has 122 valence electrons. The Morgan fingerprint density at radius 3 is 2.04 bits per heavy atom. The molecule has 0 saturated carbocycles. The first-order valence-electron chi connectivity index (χ1n) is 7.11. The molecular weight excluding hydrogens is 308 g/mol. The maximum atomic E-state index is 11.7. The van der Waals surface area contributed by atoms with E-state index in [1.807, 2.05) is 0 Å². The quantitative estimate of drug-likeness (QED) is 0.518. The molecule has 2 rings (SSSR count). The molecule has 1 N–H and O–H groups in total. The van der Waals surface area contributed by atoms with E-state index < -0.39 is 11.9 Å². The zero-order chi connectivity index (χ0) is 17.5. The highest BCUT2D eigenvalue weighted by Gasteiger charge is 2.06. The van der Waals surface area contributed by atoms with Crippen LogP contribution < -0.4 is 9.47 Å². The lowest BCUT2D eigenvalue weighted by Gasteiger charge is -2.05. The molecule has 0 radical (unpaired) electrons. The lowest BCUT2D eigenvalue weighted by atomic mass is 10.2. The molecule has 0 aromatic heterocycles. The Bertz CT molecular complexity index is 770. The van der Waals surface area contributed by atoms with Crippen molar-refractivity contribution in [2.75, 3.05) is 0 Å². The first-order valence-corrected chi connectivity index (χ1v) is 7.11. The average Bonchev–Trinajstić information content (AvgIpc) is 2.56. The highest BCUT2D eigenvalue weighted by atomic mass is 16.5. The van der Waals surface area contributed by atoms with Crippen LogP contribution in [-0.2, 0) is 9.59 Å². The van der Waals surface area contributed by atoms with Gasteiger partial charge in [0.2, 0.25) is 0 Å². The van der Waals surface area contributed by atoms with Crippen molar-refractivity contribution in [1.82, 2.24) is 0 Å². The third-order valence-electron chi connectivity index (χ3n) is 2.91. The van der Waals surface area contributed by atoms with Gasteiger partial charge in [-0.25, -0.2) is 9.59 Å². The number of rotatable bonds is 5. The van der Waals surface area contributed by atoms with E-state index in [-0.39, 0.29) is 5.75 Å². The summed E-state index contributed by atoms with van der Waals surface area (Å²) in [7, 11) is 0. The Morgan fingerprint density at radius 2 is 1.50 bits per heavy atom. The van der Waals surface area contributed by atoms with Crippen molar-refractivity contribution in [3.8, 4) is 17.2 Å². The van der Waals surface area contributed by atoms with Gasteiger partial charge in [0, 0.05) is 11.6 Å². The Labute approximate surface area is 139 Å². The number of benzene rings is 2. The number of hydrogen-bond acceptors (Lipinski definition) is 5. The molecule has 0 fully saturated rings. The van der Waals surface area contributed by atoms with Crippen LogP contribution in [0, 0.1) is 0 Å². The normalized spacial score (nSPS) is 10.4. The molecule has 0 aliphatic heterocycles. The fraction of sp³-hybridized carbons (Fsp3) is 0.0526. The summed E-state index contributed by atoms with van der Waals surface area (Å²) >= 11 is 0. The van der Waals surface area contributed by atoms with E-state index in [0.717, 1.165) is 5.56 Å². The maximum absolute atomic E-state index is 11.7. The number of esters is 2. The van der Waals surface area contributed by atoms with Crippen LogP contribution in [0.15, 0.2) is 66.8 Å². The summed E-state index contributed by atoms with van der Waals surface area (Å²) in [5, 5.41) is 9.18. The monoisotopic (exact) mass is 324 g/mol. The first kappa shape index (κ1) is 17.0. The molecule has 2 aromatic rings. The minimum atomic E-state index is -0.547. The van der Waals surface area contributed by atoms with Gasteiger partial charge in [-0.15, -0.1) is 0 Å². The molecule has 0 bridgehead atoms. The zero-order valence-corrected chi connectivity index (χ0v) is 13.1. The topological polar surface area (TPSA) is 72.8 Å². The first-order chi connectivity index (χ1) is 11.4. The van der Waals surface area contributed by atoms with Gasteiger partial charge >= 0.3 is 11.9 Å². The number of hydrogen-bond donors (Lipinski definition) is 1. The van der Waals surface area contributed by atoms with Crippen LogP contribution >= 0.6 is 0 Å². The van der Waals surface area contributed by atoms with Gasteiger partial charge in [0.05, 0.1) is 0 Å². The molecule has 0 spiro atoms. The highest BCUT2D eigenvalue weighted by molar-refractivity contribution is 5.89. The van der Waals surface area contributed by atoms with Crippen molar-refractivity contribution in [1.29, 1.82) is 0 Å². The Morgan fingerprint density at radius 1 is 0.958 bits per heavy atom. The molecule has 5 nitrogen and oxygen atoms in total. The summed E-state index contributed by atoms with van der Waals surface area (Å²) in [4.78, 5) is 23.1. The van der Waals surface area contributed by atoms with E-state index in [0.29, 0.717) is 17.1 Å². The zero-order valence-electron chi connectivity index (χ0n) is 13.1. The number of phenols is 1. The number of phenolic OH excluding ortho intramolecular Hbond substituents is 1. The van der Waals surface area contributed by atoms with Crippen molar-refractivity contribution in [2.24, 2.45) is 0 Å². The smallest absolute Gasteiger partial charge is 0.338 e. The van der Waals surface area contributed by atoms with Gasteiger partial charge in [0.15, 0.2) is 0 Å². The molecule has 0 unspecified atom stereocenters. The Balaban J connectivity index is 1.93. The van der Waals surface area contributed by atoms with Gasteiger partial charge in [0.1, 0.15) is 17.2 Å².